The van der Waals surface area contributed by atoms with Gasteiger partial charge in [-0.3, -0.25) is 9.69 Å². The van der Waals surface area contributed by atoms with Gasteiger partial charge in [0.1, 0.15) is 5.75 Å². The molecule has 132 valence electrons. The Morgan fingerprint density at radius 1 is 0.960 bits per heavy atom. The zero-order valence-electron chi connectivity index (χ0n) is 15.1. The van der Waals surface area contributed by atoms with Crippen molar-refractivity contribution < 1.29 is 9.53 Å². The number of ether oxygens (including phenoxy) is 1. The van der Waals surface area contributed by atoms with Gasteiger partial charge in [0.25, 0.3) is 5.91 Å². The lowest BCUT2D eigenvalue weighted by Crippen LogP contribution is -2.49. The Morgan fingerprint density at radius 2 is 1.64 bits per heavy atom. The van der Waals surface area contributed by atoms with Crippen LogP contribution in [0.5, 0.6) is 5.75 Å². The predicted octanol–water partition coefficient (Wildman–Crippen LogP) is 3.03. The molecule has 1 aliphatic rings. The Balaban J connectivity index is 1.44. The summed E-state index contributed by atoms with van der Waals surface area (Å²) in [6, 6.07) is 16.3. The summed E-state index contributed by atoms with van der Waals surface area (Å²) in [6.45, 7) is 8.59. The third-order valence-corrected chi connectivity index (χ3v) is 4.76. The molecule has 0 unspecified atom stereocenters. The van der Waals surface area contributed by atoms with E-state index in [0.29, 0.717) is 0 Å². The van der Waals surface area contributed by atoms with Crippen LogP contribution in [0.3, 0.4) is 0 Å². The van der Waals surface area contributed by atoms with Crippen LogP contribution in [0.2, 0.25) is 0 Å². The van der Waals surface area contributed by atoms with E-state index in [1.807, 2.05) is 36.1 Å². The van der Waals surface area contributed by atoms with Crippen LogP contribution < -0.4 is 4.74 Å². The average molecular weight is 338 g/mol. The lowest BCUT2D eigenvalue weighted by Gasteiger charge is -2.35. The van der Waals surface area contributed by atoms with Gasteiger partial charge in [-0.2, -0.15) is 0 Å². The summed E-state index contributed by atoms with van der Waals surface area (Å²) in [5, 5.41) is 0. The normalized spacial score (nSPS) is 15.2. The quantitative estimate of drug-likeness (QED) is 0.840. The molecule has 1 saturated heterocycles. The number of aryl methyl sites for hydroxylation is 2. The summed E-state index contributed by atoms with van der Waals surface area (Å²) < 4.78 is 5.61. The molecule has 25 heavy (non-hydrogen) atoms. The summed E-state index contributed by atoms with van der Waals surface area (Å²) in [4.78, 5) is 16.7. The highest BCUT2D eigenvalue weighted by Crippen LogP contribution is 2.14. The van der Waals surface area contributed by atoms with Crippen LogP contribution in [0, 0.1) is 13.8 Å². The van der Waals surface area contributed by atoms with Crippen molar-refractivity contribution in [3.63, 3.8) is 0 Å². The standard InChI is InChI=1S/C21H26N2O2/c1-17-7-9-20(10-8-17)25-16-21(24)23-13-11-22(12-14-23)15-19-6-4-3-5-18(19)2/h3-10H,11-16H2,1-2H3. The number of benzene rings is 2. The van der Waals surface area contributed by atoms with Crippen molar-refractivity contribution in [1.29, 1.82) is 0 Å². The van der Waals surface area contributed by atoms with Gasteiger partial charge in [-0.05, 0) is 37.1 Å². The summed E-state index contributed by atoms with van der Waals surface area (Å²) in [7, 11) is 0. The molecule has 1 aliphatic heterocycles. The van der Waals surface area contributed by atoms with E-state index in [-0.39, 0.29) is 12.5 Å². The molecule has 0 radical (unpaired) electrons. The Labute approximate surface area is 150 Å². The van der Waals surface area contributed by atoms with Crippen molar-refractivity contribution in [2.45, 2.75) is 20.4 Å². The maximum atomic E-state index is 12.3. The fourth-order valence-corrected chi connectivity index (χ4v) is 3.05. The molecule has 2 aromatic rings. The maximum Gasteiger partial charge on any atom is 0.260 e. The second-order valence-electron chi connectivity index (χ2n) is 6.69. The third-order valence-electron chi connectivity index (χ3n) is 4.76. The molecule has 0 bridgehead atoms. The largest absolute Gasteiger partial charge is 0.484 e. The topological polar surface area (TPSA) is 32.8 Å². The van der Waals surface area contributed by atoms with E-state index in [0.717, 1.165) is 38.5 Å². The van der Waals surface area contributed by atoms with Gasteiger partial charge >= 0.3 is 0 Å². The summed E-state index contributed by atoms with van der Waals surface area (Å²) >= 11 is 0. The van der Waals surface area contributed by atoms with Crippen molar-refractivity contribution in [3.05, 3.63) is 65.2 Å². The first-order valence-electron chi connectivity index (χ1n) is 8.86. The highest BCUT2D eigenvalue weighted by atomic mass is 16.5. The van der Waals surface area contributed by atoms with Gasteiger partial charge in [0, 0.05) is 32.7 Å². The van der Waals surface area contributed by atoms with E-state index in [2.05, 4.69) is 36.1 Å². The van der Waals surface area contributed by atoms with Crippen molar-refractivity contribution in [2.24, 2.45) is 0 Å². The number of rotatable bonds is 5. The van der Waals surface area contributed by atoms with Crippen LogP contribution in [0.15, 0.2) is 48.5 Å². The number of piperazine rings is 1. The van der Waals surface area contributed by atoms with Crippen LogP contribution in [0.25, 0.3) is 0 Å². The number of hydrogen-bond acceptors (Lipinski definition) is 3. The molecule has 0 N–H and O–H groups in total. The lowest BCUT2D eigenvalue weighted by atomic mass is 10.1. The fourth-order valence-electron chi connectivity index (χ4n) is 3.05. The van der Waals surface area contributed by atoms with Gasteiger partial charge in [-0.1, -0.05) is 42.0 Å². The SMILES string of the molecule is Cc1ccc(OCC(=O)N2CCN(Cc3ccccc3C)CC2)cc1. The molecule has 0 saturated carbocycles. The minimum Gasteiger partial charge on any atom is -0.484 e. The van der Waals surface area contributed by atoms with Gasteiger partial charge in [0.05, 0.1) is 0 Å². The fraction of sp³-hybridized carbons (Fsp3) is 0.381. The van der Waals surface area contributed by atoms with E-state index in [9.17, 15) is 4.79 Å². The van der Waals surface area contributed by atoms with Crippen LogP contribution >= 0.6 is 0 Å². The molecule has 4 nitrogen and oxygen atoms in total. The number of hydrogen-bond donors (Lipinski definition) is 0. The van der Waals surface area contributed by atoms with E-state index in [1.54, 1.807) is 0 Å². The first-order chi connectivity index (χ1) is 12.1. The molecule has 2 aromatic carbocycles. The van der Waals surface area contributed by atoms with Gasteiger partial charge in [-0.25, -0.2) is 0 Å². The Morgan fingerprint density at radius 3 is 2.32 bits per heavy atom. The smallest absolute Gasteiger partial charge is 0.260 e. The summed E-state index contributed by atoms with van der Waals surface area (Å²) in [6.07, 6.45) is 0. The molecule has 0 aliphatic carbocycles. The highest BCUT2D eigenvalue weighted by molar-refractivity contribution is 5.77. The highest BCUT2D eigenvalue weighted by Gasteiger charge is 2.21. The molecular weight excluding hydrogens is 312 g/mol. The molecule has 4 heteroatoms. The summed E-state index contributed by atoms with van der Waals surface area (Å²) in [5.74, 6) is 0.813. The molecule has 0 aromatic heterocycles. The van der Waals surface area contributed by atoms with Crippen LogP contribution in [-0.2, 0) is 11.3 Å². The lowest BCUT2D eigenvalue weighted by molar-refractivity contribution is -0.135. The van der Waals surface area contributed by atoms with Crippen LogP contribution in [0.1, 0.15) is 16.7 Å². The molecule has 0 spiro atoms. The molecule has 1 heterocycles. The van der Waals surface area contributed by atoms with Crippen LogP contribution in [-0.4, -0.2) is 48.5 Å². The van der Waals surface area contributed by atoms with E-state index < -0.39 is 0 Å². The number of carbonyl (C=O) groups excluding carboxylic acids is 1. The van der Waals surface area contributed by atoms with Gasteiger partial charge in [-0.15, -0.1) is 0 Å². The van der Waals surface area contributed by atoms with Crippen molar-refractivity contribution in [3.8, 4) is 5.75 Å². The minimum absolute atomic E-state index is 0.0658. The zero-order valence-corrected chi connectivity index (χ0v) is 15.1. The van der Waals surface area contributed by atoms with Gasteiger partial charge in [0.2, 0.25) is 0 Å². The van der Waals surface area contributed by atoms with E-state index >= 15 is 0 Å². The van der Waals surface area contributed by atoms with Crippen molar-refractivity contribution in [2.75, 3.05) is 32.8 Å². The second kappa shape index (κ2) is 8.17. The Kier molecular flexibility index (Phi) is 5.71. The molecule has 3 rings (SSSR count). The summed E-state index contributed by atoms with van der Waals surface area (Å²) in [5.41, 5.74) is 3.88. The second-order valence-corrected chi connectivity index (χ2v) is 6.69. The zero-order chi connectivity index (χ0) is 17.6. The van der Waals surface area contributed by atoms with Crippen molar-refractivity contribution >= 4 is 5.91 Å². The molecule has 0 atom stereocenters. The van der Waals surface area contributed by atoms with E-state index in [4.69, 9.17) is 4.74 Å². The van der Waals surface area contributed by atoms with Crippen LogP contribution in [0.4, 0.5) is 0 Å². The molecule has 1 amide bonds. The third kappa shape index (κ3) is 4.83. The molecule has 1 fully saturated rings. The minimum atomic E-state index is 0.0658. The first-order valence-corrected chi connectivity index (χ1v) is 8.86. The Bertz CT molecular complexity index is 704. The van der Waals surface area contributed by atoms with Gasteiger partial charge < -0.3 is 9.64 Å². The Hall–Kier alpha value is -2.33. The number of nitrogens with zero attached hydrogens (tertiary/aromatic N) is 2. The monoisotopic (exact) mass is 338 g/mol. The first kappa shape index (κ1) is 17.5. The average Bonchev–Trinajstić information content (AvgIpc) is 2.63. The maximum absolute atomic E-state index is 12.3. The van der Waals surface area contributed by atoms with Gasteiger partial charge in [0.15, 0.2) is 6.61 Å². The van der Waals surface area contributed by atoms with Crippen molar-refractivity contribution in [1.82, 2.24) is 9.80 Å². The number of carbonyl (C=O) groups is 1. The predicted molar refractivity (Wildman–Crippen MR) is 99.7 cm³/mol. The molecular formula is C21H26N2O2. The van der Waals surface area contributed by atoms with E-state index in [1.165, 1.54) is 16.7 Å². The number of amides is 1.